The normalized spacial score (nSPS) is 17.6. The lowest BCUT2D eigenvalue weighted by molar-refractivity contribution is 0.0532. The number of hydrogen-bond donors (Lipinski definition) is 2. The average molecular weight is 409 g/mol. The Balaban J connectivity index is 1.73. The number of piperidine rings is 1. The Labute approximate surface area is 172 Å². The van der Waals surface area contributed by atoms with Crippen LogP contribution < -0.4 is 10.6 Å². The highest BCUT2D eigenvalue weighted by Gasteiger charge is 2.19. The molecule has 0 amide bonds. The number of guanidine groups is 1. The van der Waals surface area contributed by atoms with Gasteiger partial charge in [-0.3, -0.25) is 9.20 Å². The standard InChI is InChI=1S/C21H36N4O2S/c1-4-22-21(23-12-17-28(26)20-8-6-5-7-9-20)24-19-10-13-25(14-11-19)15-16-27-18(2)3/h5-9,18-19H,4,10-17H2,1-3H3,(H2,22,23,24). The molecule has 1 aliphatic rings. The third-order valence-electron chi connectivity index (χ3n) is 4.68. The summed E-state index contributed by atoms with van der Waals surface area (Å²) in [6.45, 7) is 11.5. The fraction of sp³-hybridized carbons (Fsp3) is 0.667. The van der Waals surface area contributed by atoms with Crippen LogP contribution in [0.4, 0.5) is 0 Å². The van der Waals surface area contributed by atoms with E-state index in [9.17, 15) is 4.21 Å². The van der Waals surface area contributed by atoms with Crippen molar-refractivity contribution in [2.75, 3.05) is 45.1 Å². The van der Waals surface area contributed by atoms with Gasteiger partial charge in [-0.2, -0.15) is 0 Å². The van der Waals surface area contributed by atoms with Gasteiger partial charge in [0.25, 0.3) is 0 Å². The molecule has 0 aromatic heterocycles. The van der Waals surface area contributed by atoms with E-state index in [-0.39, 0.29) is 0 Å². The lowest BCUT2D eigenvalue weighted by atomic mass is 10.1. The Kier molecular flexibility index (Phi) is 10.5. The summed E-state index contributed by atoms with van der Waals surface area (Å²) in [6, 6.07) is 10.0. The van der Waals surface area contributed by atoms with Crippen molar-refractivity contribution in [2.45, 2.75) is 50.7 Å². The molecule has 0 spiro atoms. The molecule has 0 radical (unpaired) electrons. The van der Waals surface area contributed by atoms with Crippen molar-refractivity contribution >= 4 is 16.8 Å². The van der Waals surface area contributed by atoms with E-state index in [4.69, 9.17) is 4.74 Å². The van der Waals surface area contributed by atoms with Crippen LogP contribution >= 0.6 is 0 Å². The van der Waals surface area contributed by atoms with Crippen molar-refractivity contribution in [3.63, 3.8) is 0 Å². The van der Waals surface area contributed by atoms with Crippen LogP contribution in [0.5, 0.6) is 0 Å². The van der Waals surface area contributed by atoms with Gasteiger partial charge in [0.15, 0.2) is 5.96 Å². The van der Waals surface area contributed by atoms with Crippen molar-refractivity contribution in [1.29, 1.82) is 0 Å². The molecule has 0 bridgehead atoms. The van der Waals surface area contributed by atoms with Crippen LogP contribution in [0.3, 0.4) is 0 Å². The zero-order chi connectivity index (χ0) is 20.2. The zero-order valence-electron chi connectivity index (χ0n) is 17.5. The Morgan fingerprint density at radius 2 is 2.00 bits per heavy atom. The van der Waals surface area contributed by atoms with Crippen LogP contribution in [0.1, 0.15) is 33.6 Å². The molecular formula is C21H36N4O2S. The van der Waals surface area contributed by atoms with E-state index in [1.165, 1.54) is 0 Å². The first-order chi connectivity index (χ1) is 13.6. The SMILES string of the molecule is CCNC(=NCCS(=O)c1ccccc1)NC1CCN(CCOC(C)C)CC1. The smallest absolute Gasteiger partial charge is 0.191 e. The van der Waals surface area contributed by atoms with Crippen LogP contribution in [0.25, 0.3) is 0 Å². The van der Waals surface area contributed by atoms with Crippen LogP contribution in [0, 0.1) is 0 Å². The molecule has 1 aromatic carbocycles. The van der Waals surface area contributed by atoms with Crippen LogP contribution in [-0.2, 0) is 15.5 Å². The first-order valence-corrected chi connectivity index (χ1v) is 11.7. The van der Waals surface area contributed by atoms with E-state index in [2.05, 4.69) is 41.3 Å². The molecule has 1 aliphatic heterocycles. The molecule has 28 heavy (non-hydrogen) atoms. The predicted octanol–water partition coefficient (Wildman–Crippen LogP) is 2.24. The second-order valence-electron chi connectivity index (χ2n) is 7.30. The minimum absolute atomic E-state index is 0.300. The highest BCUT2D eigenvalue weighted by molar-refractivity contribution is 7.85. The summed E-state index contributed by atoms with van der Waals surface area (Å²) in [7, 11) is -1.00. The van der Waals surface area contributed by atoms with Crippen LogP contribution in [0.2, 0.25) is 0 Å². The molecule has 1 aromatic rings. The Morgan fingerprint density at radius 1 is 1.29 bits per heavy atom. The van der Waals surface area contributed by atoms with Crippen molar-refractivity contribution in [2.24, 2.45) is 4.99 Å². The highest BCUT2D eigenvalue weighted by atomic mass is 32.2. The molecule has 1 saturated heterocycles. The van der Waals surface area contributed by atoms with Gasteiger partial charge in [0.05, 0.1) is 30.1 Å². The summed E-state index contributed by atoms with van der Waals surface area (Å²) < 4.78 is 18.0. The Bertz CT molecular complexity index is 602. The predicted molar refractivity (Wildman–Crippen MR) is 117 cm³/mol. The quantitative estimate of drug-likeness (QED) is 0.459. The second kappa shape index (κ2) is 12.9. The molecule has 2 N–H and O–H groups in total. The molecule has 1 unspecified atom stereocenters. The van der Waals surface area contributed by atoms with Gasteiger partial charge in [-0.25, -0.2) is 0 Å². The fourth-order valence-corrected chi connectivity index (χ4v) is 4.12. The lowest BCUT2D eigenvalue weighted by Gasteiger charge is -2.33. The Morgan fingerprint density at radius 3 is 2.64 bits per heavy atom. The van der Waals surface area contributed by atoms with E-state index in [0.717, 1.165) is 56.5 Å². The number of aliphatic imine (C=N–C) groups is 1. The van der Waals surface area contributed by atoms with Gasteiger partial charge in [-0.15, -0.1) is 0 Å². The molecule has 7 heteroatoms. The minimum atomic E-state index is -1.00. The van der Waals surface area contributed by atoms with Crippen molar-refractivity contribution < 1.29 is 8.95 Å². The van der Waals surface area contributed by atoms with Crippen molar-refractivity contribution in [1.82, 2.24) is 15.5 Å². The number of nitrogens with zero attached hydrogens (tertiary/aromatic N) is 2. The average Bonchev–Trinajstić information content (AvgIpc) is 2.70. The molecule has 1 atom stereocenters. The van der Waals surface area contributed by atoms with E-state index in [1.54, 1.807) is 0 Å². The molecule has 0 saturated carbocycles. The summed E-state index contributed by atoms with van der Waals surface area (Å²) in [5.74, 6) is 1.36. The fourth-order valence-electron chi connectivity index (χ4n) is 3.16. The first kappa shape index (κ1) is 22.8. The van der Waals surface area contributed by atoms with Gasteiger partial charge in [0, 0.05) is 42.9 Å². The largest absolute Gasteiger partial charge is 0.377 e. The molecule has 0 aliphatic carbocycles. The van der Waals surface area contributed by atoms with Crippen molar-refractivity contribution in [3.05, 3.63) is 30.3 Å². The van der Waals surface area contributed by atoms with Gasteiger partial charge in [-0.05, 0) is 45.7 Å². The summed E-state index contributed by atoms with van der Waals surface area (Å²) >= 11 is 0. The van der Waals surface area contributed by atoms with Gasteiger partial charge in [-0.1, -0.05) is 18.2 Å². The van der Waals surface area contributed by atoms with Gasteiger partial charge in [0.1, 0.15) is 0 Å². The number of likely N-dealkylation sites (tertiary alicyclic amines) is 1. The van der Waals surface area contributed by atoms with Crippen LogP contribution in [0.15, 0.2) is 40.2 Å². The van der Waals surface area contributed by atoms with E-state index >= 15 is 0 Å². The molecule has 1 heterocycles. The third-order valence-corrected chi connectivity index (χ3v) is 6.04. The summed E-state index contributed by atoms with van der Waals surface area (Å²) in [5.41, 5.74) is 0. The van der Waals surface area contributed by atoms with Crippen LogP contribution in [-0.4, -0.2) is 72.3 Å². The van der Waals surface area contributed by atoms with E-state index < -0.39 is 10.8 Å². The topological polar surface area (TPSA) is 66.0 Å². The third kappa shape index (κ3) is 8.71. The molecule has 1 fully saturated rings. The zero-order valence-corrected chi connectivity index (χ0v) is 18.3. The second-order valence-corrected chi connectivity index (χ2v) is 8.87. The molecule has 2 rings (SSSR count). The first-order valence-electron chi connectivity index (χ1n) is 10.4. The van der Waals surface area contributed by atoms with Gasteiger partial charge >= 0.3 is 0 Å². The molecular weight excluding hydrogens is 372 g/mol. The number of nitrogens with one attached hydrogen (secondary N) is 2. The maximum atomic E-state index is 12.3. The number of rotatable bonds is 10. The maximum absolute atomic E-state index is 12.3. The number of benzene rings is 1. The van der Waals surface area contributed by atoms with Crippen molar-refractivity contribution in [3.8, 4) is 0 Å². The summed E-state index contributed by atoms with van der Waals surface area (Å²) in [4.78, 5) is 7.96. The van der Waals surface area contributed by atoms with E-state index in [0.29, 0.717) is 24.4 Å². The summed E-state index contributed by atoms with van der Waals surface area (Å²) in [5, 5.41) is 6.85. The minimum Gasteiger partial charge on any atom is -0.377 e. The monoisotopic (exact) mass is 408 g/mol. The highest BCUT2D eigenvalue weighted by Crippen LogP contribution is 2.10. The number of hydrogen-bond acceptors (Lipinski definition) is 4. The lowest BCUT2D eigenvalue weighted by Crippen LogP contribution is -2.49. The molecule has 6 nitrogen and oxygen atoms in total. The number of ether oxygens (including phenoxy) is 1. The Hall–Kier alpha value is -1.44. The summed E-state index contributed by atoms with van der Waals surface area (Å²) in [6.07, 6.45) is 2.50. The molecule has 158 valence electrons. The van der Waals surface area contributed by atoms with E-state index in [1.807, 2.05) is 30.3 Å². The van der Waals surface area contributed by atoms with Gasteiger partial charge < -0.3 is 20.3 Å². The maximum Gasteiger partial charge on any atom is 0.191 e. The van der Waals surface area contributed by atoms with Gasteiger partial charge in [0.2, 0.25) is 0 Å².